The van der Waals surface area contributed by atoms with Crippen LogP contribution >= 0.6 is 0 Å². The van der Waals surface area contributed by atoms with Gasteiger partial charge in [-0.3, -0.25) is 14.5 Å². The van der Waals surface area contributed by atoms with Crippen LogP contribution in [0.1, 0.15) is 41.0 Å². The van der Waals surface area contributed by atoms with E-state index in [1.54, 1.807) is 0 Å². The fourth-order valence-electron chi connectivity index (χ4n) is 1.74. The normalized spacial score (nSPS) is 13.9. The Labute approximate surface area is 98.2 Å². The summed E-state index contributed by atoms with van der Waals surface area (Å²) in [5, 5.41) is 0. The summed E-state index contributed by atoms with van der Waals surface area (Å²) in [6, 6.07) is -0.382. The number of carbonyl (C=O) groups excluding carboxylic acids is 2. The number of nitrogens with zero attached hydrogens (tertiary/aromatic N) is 1. The lowest BCUT2D eigenvalue weighted by Gasteiger charge is -2.32. The number of ketones is 1. The Balaban J connectivity index is 4.93. The van der Waals surface area contributed by atoms with Crippen LogP contribution in [-0.4, -0.2) is 35.7 Å². The second-order valence-corrected chi connectivity index (χ2v) is 5.02. The SMILES string of the molecule is CCN(CC)[C@H](CC(N)=O)C(=O)C(C)(C)C. The first-order chi connectivity index (χ1) is 7.23. The maximum absolute atomic E-state index is 12.2. The molecule has 16 heavy (non-hydrogen) atoms. The number of Topliss-reactive ketones (excluding diaryl/α,β-unsaturated/α-hetero) is 1. The van der Waals surface area contributed by atoms with E-state index in [4.69, 9.17) is 5.73 Å². The third-order valence-corrected chi connectivity index (χ3v) is 2.69. The lowest BCUT2D eigenvalue weighted by molar-refractivity contribution is -0.134. The van der Waals surface area contributed by atoms with Gasteiger partial charge < -0.3 is 5.73 Å². The Hall–Kier alpha value is -0.900. The van der Waals surface area contributed by atoms with Crippen molar-refractivity contribution in [3.63, 3.8) is 0 Å². The standard InChI is InChI=1S/C12H24N2O2/c1-6-14(7-2)9(8-10(13)15)11(16)12(3,4)5/h9H,6-8H2,1-5H3,(H2,13,15)/t9-/m1/s1. The van der Waals surface area contributed by atoms with Gasteiger partial charge in [-0.2, -0.15) is 0 Å². The fraction of sp³-hybridized carbons (Fsp3) is 0.833. The molecule has 0 aliphatic rings. The second-order valence-electron chi connectivity index (χ2n) is 5.02. The van der Waals surface area contributed by atoms with Crippen LogP contribution in [0.25, 0.3) is 0 Å². The zero-order valence-electron chi connectivity index (χ0n) is 11.0. The molecule has 0 aromatic rings. The highest BCUT2D eigenvalue weighted by atomic mass is 16.1. The summed E-state index contributed by atoms with van der Waals surface area (Å²) in [5.41, 5.74) is 4.76. The minimum atomic E-state index is -0.442. The quantitative estimate of drug-likeness (QED) is 0.742. The van der Waals surface area contributed by atoms with Crippen molar-refractivity contribution in [2.45, 2.75) is 47.1 Å². The van der Waals surface area contributed by atoms with E-state index in [9.17, 15) is 9.59 Å². The first-order valence-electron chi connectivity index (χ1n) is 5.80. The van der Waals surface area contributed by atoms with Gasteiger partial charge in [-0.05, 0) is 13.1 Å². The van der Waals surface area contributed by atoms with Gasteiger partial charge in [-0.1, -0.05) is 34.6 Å². The molecule has 4 nitrogen and oxygen atoms in total. The minimum Gasteiger partial charge on any atom is -0.370 e. The topological polar surface area (TPSA) is 63.4 Å². The van der Waals surface area contributed by atoms with Gasteiger partial charge in [-0.15, -0.1) is 0 Å². The Morgan fingerprint density at radius 3 is 1.88 bits per heavy atom. The number of carbonyl (C=O) groups is 2. The molecule has 0 aliphatic heterocycles. The van der Waals surface area contributed by atoms with Crippen molar-refractivity contribution in [1.29, 1.82) is 0 Å². The summed E-state index contributed by atoms with van der Waals surface area (Å²) in [6.45, 7) is 11.1. The average Bonchev–Trinajstić information content (AvgIpc) is 2.15. The Morgan fingerprint density at radius 2 is 1.62 bits per heavy atom. The van der Waals surface area contributed by atoms with E-state index in [-0.39, 0.29) is 18.2 Å². The van der Waals surface area contributed by atoms with Gasteiger partial charge in [0.15, 0.2) is 5.78 Å². The van der Waals surface area contributed by atoms with Crippen molar-refractivity contribution >= 4 is 11.7 Å². The van der Waals surface area contributed by atoms with E-state index in [2.05, 4.69) is 0 Å². The highest BCUT2D eigenvalue weighted by molar-refractivity contribution is 5.92. The molecule has 4 heteroatoms. The number of likely N-dealkylation sites (N-methyl/N-ethyl adjacent to an activating group) is 1. The third-order valence-electron chi connectivity index (χ3n) is 2.69. The number of rotatable bonds is 6. The number of nitrogens with two attached hydrogens (primary N) is 1. The maximum atomic E-state index is 12.2. The van der Waals surface area contributed by atoms with Gasteiger partial charge in [0.1, 0.15) is 0 Å². The second kappa shape index (κ2) is 5.99. The van der Waals surface area contributed by atoms with Gasteiger partial charge in [0.05, 0.1) is 6.04 Å². The summed E-state index contributed by atoms with van der Waals surface area (Å²) in [4.78, 5) is 25.2. The van der Waals surface area contributed by atoms with Crippen LogP contribution in [-0.2, 0) is 9.59 Å². The van der Waals surface area contributed by atoms with Crippen LogP contribution in [0, 0.1) is 5.41 Å². The molecular weight excluding hydrogens is 204 g/mol. The van der Waals surface area contributed by atoms with E-state index in [0.717, 1.165) is 13.1 Å². The Morgan fingerprint density at radius 1 is 1.19 bits per heavy atom. The van der Waals surface area contributed by atoms with Gasteiger partial charge in [0.25, 0.3) is 0 Å². The van der Waals surface area contributed by atoms with Gasteiger partial charge in [0.2, 0.25) is 5.91 Å². The molecule has 0 aromatic carbocycles. The Kier molecular flexibility index (Phi) is 5.65. The monoisotopic (exact) mass is 228 g/mol. The molecule has 0 bridgehead atoms. The Bertz CT molecular complexity index is 252. The van der Waals surface area contributed by atoms with E-state index in [0.29, 0.717) is 0 Å². The van der Waals surface area contributed by atoms with E-state index in [1.165, 1.54) is 0 Å². The zero-order valence-corrected chi connectivity index (χ0v) is 11.0. The van der Waals surface area contributed by atoms with Crippen LogP contribution < -0.4 is 5.73 Å². The predicted molar refractivity (Wildman–Crippen MR) is 65.0 cm³/mol. The molecular formula is C12H24N2O2. The summed E-state index contributed by atoms with van der Waals surface area (Å²) in [7, 11) is 0. The molecule has 94 valence electrons. The van der Waals surface area contributed by atoms with Gasteiger partial charge >= 0.3 is 0 Å². The molecule has 2 N–H and O–H groups in total. The average molecular weight is 228 g/mol. The lowest BCUT2D eigenvalue weighted by atomic mass is 9.84. The molecule has 0 radical (unpaired) electrons. The molecule has 0 rings (SSSR count). The van der Waals surface area contributed by atoms with E-state index in [1.807, 2.05) is 39.5 Å². The number of hydrogen-bond acceptors (Lipinski definition) is 3. The molecule has 0 saturated carbocycles. The van der Waals surface area contributed by atoms with Crippen LogP contribution in [0.3, 0.4) is 0 Å². The summed E-state index contributed by atoms with van der Waals surface area (Å²) < 4.78 is 0. The smallest absolute Gasteiger partial charge is 0.219 e. The van der Waals surface area contributed by atoms with Crippen molar-refractivity contribution in [3.8, 4) is 0 Å². The highest BCUT2D eigenvalue weighted by Crippen LogP contribution is 2.21. The molecule has 0 saturated heterocycles. The van der Waals surface area contributed by atoms with Crippen molar-refractivity contribution in [1.82, 2.24) is 4.90 Å². The fourth-order valence-corrected chi connectivity index (χ4v) is 1.74. The number of primary amides is 1. The molecule has 0 aliphatic carbocycles. The number of hydrogen-bond donors (Lipinski definition) is 1. The summed E-state index contributed by atoms with van der Waals surface area (Å²) in [6.07, 6.45) is 0.109. The van der Waals surface area contributed by atoms with Crippen LogP contribution in [0.4, 0.5) is 0 Å². The molecule has 1 atom stereocenters. The van der Waals surface area contributed by atoms with Crippen molar-refractivity contribution in [2.24, 2.45) is 11.1 Å². The van der Waals surface area contributed by atoms with Crippen LogP contribution in [0.15, 0.2) is 0 Å². The summed E-state index contributed by atoms with van der Waals surface area (Å²) >= 11 is 0. The molecule has 1 amide bonds. The van der Waals surface area contributed by atoms with Crippen LogP contribution in [0.2, 0.25) is 0 Å². The predicted octanol–water partition coefficient (Wildman–Crippen LogP) is 1.19. The molecule has 0 heterocycles. The van der Waals surface area contributed by atoms with Crippen molar-refractivity contribution < 1.29 is 9.59 Å². The number of amides is 1. The molecule has 0 spiro atoms. The van der Waals surface area contributed by atoms with Crippen LogP contribution in [0.5, 0.6) is 0 Å². The maximum Gasteiger partial charge on any atom is 0.219 e. The summed E-state index contributed by atoms with van der Waals surface area (Å²) in [5.74, 6) is -0.343. The van der Waals surface area contributed by atoms with Crippen molar-refractivity contribution in [2.75, 3.05) is 13.1 Å². The third kappa shape index (κ3) is 4.31. The van der Waals surface area contributed by atoms with Gasteiger partial charge in [0, 0.05) is 11.8 Å². The molecule has 0 aromatic heterocycles. The first-order valence-corrected chi connectivity index (χ1v) is 5.80. The first kappa shape index (κ1) is 15.1. The minimum absolute atomic E-state index is 0.0787. The lowest BCUT2D eigenvalue weighted by Crippen LogP contribution is -2.47. The van der Waals surface area contributed by atoms with Gasteiger partial charge in [-0.25, -0.2) is 0 Å². The van der Waals surface area contributed by atoms with E-state index < -0.39 is 11.3 Å². The highest BCUT2D eigenvalue weighted by Gasteiger charge is 2.33. The molecule has 0 fully saturated rings. The zero-order chi connectivity index (χ0) is 12.9. The van der Waals surface area contributed by atoms with E-state index >= 15 is 0 Å². The largest absolute Gasteiger partial charge is 0.370 e. The molecule has 0 unspecified atom stereocenters. The van der Waals surface area contributed by atoms with Crippen molar-refractivity contribution in [3.05, 3.63) is 0 Å².